The fourth-order valence-electron chi connectivity index (χ4n) is 3.02. The topological polar surface area (TPSA) is 26.3 Å². The van der Waals surface area contributed by atoms with Gasteiger partial charge in [-0.2, -0.15) is 11.8 Å². The van der Waals surface area contributed by atoms with Crippen molar-refractivity contribution in [2.45, 2.75) is 38.2 Å². The van der Waals surface area contributed by atoms with Gasteiger partial charge in [-0.25, -0.2) is 0 Å². The van der Waals surface area contributed by atoms with Gasteiger partial charge in [0.1, 0.15) is 0 Å². The molecule has 2 fully saturated rings. The van der Waals surface area contributed by atoms with Crippen LogP contribution in [0.3, 0.4) is 0 Å². The zero-order chi connectivity index (χ0) is 13.3. The Balaban J connectivity index is 1.72. The molecule has 2 saturated heterocycles. The van der Waals surface area contributed by atoms with E-state index in [4.69, 9.17) is 4.74 Å². The van der Waals surface area contributed by atoms with E-state index in [2.05, 4.69) is 13.0 Å². The van der Waals surface area contributed by atoms with Gasteiger partial charge in [-0.3, -0.25) is 4.79 Å². The zero-order valence-corrected chi connectivity index (χ0v) is 12.9. The average molecular weight is 296 g/mol. The molecule has 1 spiro atoms. The Labute approximate surface area is 122 Å². The second-order valence-corrected chi connectivity index (χ2v) is 7.78. The van der Waals surface area contributed by atoms with E-state index in [0.717, 1.165) is 42.9 Å². The average Bonchev–Trinajstić information content (AvgIpc) is 3.07. The van der Waals surface area contributed by atoms with Crippen molar-refractivity contribution in [3.05, 3.63) is 21.9 Å². The number of aryl methyl sites for hydroxylation is 1. The van der Waals surface area contributed by atoms with Gasteiger partial charge in [-0.1, -0.05) is 6.92 Å². The van der Waals surface area contributed by atoms with Crippen LogP contribution >= 0.6 is 23.1 Å². The van der Waals surface area contributed by atoms with Gasteiger partial charge in [0, 0.05) is 23.2 Å². The molecule has 2 aliphatic rings. The first-order chi connectivity index (χ1) is 9.22. The monoisotopic (exact) mass is 296 g/mol. The summed E-state index contributed by atoms with van der Waals surface area (Å²) in [7, 11) is 0. The van der Waals surface area contributed by atoms with E-state index in [1.54, 1.807) is 11.3 Å². The molecule has 2 aliphatic heterocycles. The minimum Gasteiger partial charge on any atom is -0.374 e. The van der Waals surface area contributed by atoms with Crippen LogP contribution in [0.2, 0.25) is 0 Å². The minimum absolute atomic E-state index is 0.00802. The van der Waals surface area contributed by atoms with Crippen LogP contribution in [0.15, 0.2) is 12.1 Å². The summed E-state index contributed by atoms with van der Waals surface area (Å²) in [6, 6.07) is 4.11. The fourth-order valence-corrected chi connectivity index (χ4v) is 5.36. The highest BCUT2D eigenvalue weighted by Crippen LogP contribution is 2.41. The van der Waals surface area contributed by atoms with E-state index in [9.17, 15) is 4.79 Å². The molecule has 0 radical (unpaired) electrons. The van der Waals surface area contributed by atoms with Gasteiger partial charge in [-0.05, 0) is 43.6 Å². The predicted octanol–water partition coefficient (Wildman–Crippen LogP) is 3.80. The molecular weight excluding hydrogens is 276 g/mol. The maximum absolute atomic E-state index is 12.6. The lowest BCUT2D eigenvalue weighted by Gasteiger charge is -2.37. The molecule has 2 atom stereocenters. The number of thioether (sulfide) groups is 1. The van der Waals surface area contributed by atoms with Gasteiger partial charge >= 0.3 is 0 Å². The lowest BCUT2D eigenvalue weighted by atomic mass is 9.82. The highest BCUT2D eigenvalue weighted by atomic mass is 32.2. The minimum atomic E-state index is 0.00802. The first-order valence-corrected chi connectivity index (χ1v) is 9.04. The van der Waals surface area contributed by atoms with Crippen molar-refractivity contribution in [1.82, 2.24) is 0 Å². The van der Waals surface area contributed by atoms with Gasteiger partial charge in [0.05, 0.1) is 10.5 Å². The van der Waals surface area contributed by atoms with Gasteiger partial charge in [-0.15, -0.1) is 11.3 Å². The van der Waals surface area contributed by atoms with E-state index >= 15 is 0 Å². The molecule has 104 valence electrons. The molecule has 0 bridgehead atoms. The molecule has 2 nitrogen and oxygen atoms in total. The molecule has 2 unspecified atom stereocenters. The molecule has 0 aromatic carbocycles. The normalized spacial score (nSPS) is 30.9. The predicted molar refractivity (Wildman–Crippen MR) is 81.4 cm³/mol. The van der Waals surface area contributed by atoms with Gasteiger partial charge in [0.15, 0.2) is 5.78 Å². The Morgan fingerprint density at radius 2 is 2.42 bits per heavy atom. The molecule has 1 aromatic rings. The number of ketones is 1. The summed E-state index contributed by atoms with van der Waals surface area (Å²) in [5.74, 6) is 2.78. The molecular formula is C15H20O2S2. The summed E-state index contributed by atoms with van der Waals surface area (Å²) in [6.45, 7) is 2.89. The molecule has 0 N–H and O–H groups in total. The molecule has 0 aliphatic carbocycles. The Morgan fingerprint density at radius 3 is 3.11 bits per heavy atom. The van der Waals surface area contributed by atoms with Gasteiger partial charge < -0.3 is 4.74 Å². The second kappa shape index (κ2) is 5.58. The third-order valence-corrected chi connectivity index (χ3v) is 6.65. The van der Waals surface area contributed by atoms with Gasteiger partial charge in [0.25, 0.3) is 0 Å². The number of Topliss-reactive ketones (excluding diaryl/α,β-unsaturated/α-hetero) is 1. The summed E-state index contributed by atoms with van der Waals surface area (Å²) in [4.78, 5) is 14.9. The maximum Gasteiger partial charge on any atom is 0.176 e. The van der Waals surface area contributed by atoms with Crippen LogP contribution in [-0.2, 0) is 11.2 Å². The van der Waals surface area contributed by atoms with Crippen LogP contribution in [0.5, 0.6) is 0 Å². The smallest absolute Gasteiger partial charge is 0.176 e. The number of thiophene rings is 1. The molecule has 0 saturated carbocycles. The second-order valence-electron chi connectivity index (χ2n) is 5.51. The SMILES string of the molecule is CCc1ccc(C(=O)C2CCOC3(CCSC3)C2)s1. The Hall–Kier alpha value is -0.320. The molecule has 1 aromatic heterocycles. The fraction of sp³-hybridized carbons (Fsp3) is 0.667. The van der Waals surface area contributed by atoms with Crippen molar-refractivity contribution in [2.75, 3.05) is 18.1 Å². The zero-order valence-electron chi connectivity index (χ0n) is 11.3. The van der Waals surface area contributed by atoms with E-state index in [0.29, 0.717) is 5.78 Å². The van der Waals surface area contributed by atoms with Crippen LogP contribution in [0, 0.1) is 5.92 Å². The Kier molecular flexibility index (Phi) is 4.01. The van der Waals surface area contributed by atoms with Gasteiger partial charge in [0.2, 0.25) is 0 Å². The van der Waals surface area contributed by atoms with E-state index in [1.165, 1.54) is 10.6 Å². The third kappa shape index (κ3) is 2.76. The molecule has 19 heavy (non-hydrogen) atoms. The van der Waals surface area contributed by atoms with Crippen LogP contribution < -0.4 is 0 Å². The maximum atomic E-state index is 12.6. The first-order valence-electron chi connectivity index (χ1n) is 7.07. The van der Waals surface area contributed by atoms with Crippen LogP contribution in [0.25, 0.3) is 0 Å². The Bertz CT molecular complexity index is 460. The van der Waals surface area contributed by atoms with Crippen molar-refractivity contribution in [3.63, 3.8) is 0 Å². The largest absolute Gasteiger partial charge is 0.374 e. The van der Waals surface area contributed by atoms with Crippen molar-refractivity contribution in [2.24, 2.45) is 5.92 Å². The summed E-state index contributed by atoms with van der Waals surface area (Å²) < 4.78 is 6.00. The third-order valence-electron chi connectivity index (χ3n) is 4.18. The summed E-state index contributed by atoms with van der Waals surface area (Å²) in [5.41, 5.74) is 0.00802. The quantitative estimate of drug-likeness (QED) is 0.794. The molecule has 4 heteroatoms. The van der Waals surface area contributed by atoms with Crippen molar-refractivity contribution >= 4 is 28.9 Å². The lowest BCUT2D eigenvalue weighted by Crippen LogP contribution is -2.41. The molecule has 3 rings (SSSR count). The lowest BCUT2D eigenvalue weighted by molar-refractivity contribution is -0.0734. The number of hydrogen-bond donors (Lipinski definition) is 0. The number of carbonyl (C=O) groups excluding carboxylic acids is 1. The number of ether oxygens (including phenoxy) is 1. The van der Waals surface area contributed by atoms with E-state index in [1.807, 2.05) is 17.8 Å². The van der Waals surface area contributed by atoms with Crippen LogP contribution in [-0.4, -0.2) is 29.5 Å². The summed E-state index contributed by atoms with van der Waals surface area (Å²) in [5, 5.41) is 0. The Morgan fingerprint density at radius 1 is 1.53 bits per heavy atom. The van der Waals surface area contributed by atoms with E-state index < -0.39 is 0 Å². The highest BCUT2D eigenvalue weighted by Gasteiger charge is 2.42. The number of hydrogen-bond acceptors (Lipinski definition) is 4. The summed E-state index contributed by atoms with van der Waals surface area (Å²) >= 11 is 3.63. The molecule has 3 heterocycles. The highest BCUT2D eigenvalue weighted by molar-refractivity contribution is 7.99. The van der Waals surface area contributed by atoms with Crippen LogP contribution in [0.1, 0.15) is 40.7 Å². The first kappa shape index (κ1) is 13.7. The number of carbonyl (C=O) groups is 1. The van der Waals surface area contributed by atoms with Crippen molar-refractivity contribution in [1.29, 1.82) is 0 Å². The van der Waals surface area contributed by atoms with E-state index in [-0.39, 0.29) is 11.5 Å². The number of rotatable bonds is 3. The standard InChI is InChI=1S/C15H20O2S2/c1-2-12-3-4-13(19-12)14(16)11-5-7-17-15(9-11)6-8-18-10-15/h3-4,11H,2,5-10H2,1H3. The van der Waals surface area contributed by atoms with Crippen LogP contribution in [0.4, 0.5) is 0 Å². The summed E-state index contributed by atoms with van der Waals surface area (Å²) in [6.07, 6.45) is 3.96. The van der Waals surface area contributed by atoms with Crippen molar-refractivity contribution in [3.8, 4) is 0 Å². The van der Waals surface area contributed by atoms with Crippen molar-refractivity contribution < 1.29 is 9.53 Å². The molecule has 0 amide bonds.